The smallest absolute Gasteiger partial charge is 0.404 e. The van der Waals surface area contributed by atoms with Crippen molar-refractivity contribution >= 4 is 44.4 Å². The number of rotatable bonds is 3. The molecule has 21 heavy (non-hydrogen) atoms. The molecule has 2 N–H and O–H groups in total. The predicted octanol–water partition coefficient (Wildman–Crippen LogP) is 3.45. The van der Waals surface area contributed by atoms with Crippen molar-refractivity contribution in [1.29, 1.82) is 0 Å². The van der Waals surface area contributed by atoms with Crippen LogP contribution < -0.4 is 5.69 Å². The van der Waals surface area contributed by atoms with E-state index in [0.29, 0.717) is 21.1 Å². The molecule has 9 heteroatoms. The highest BCUT2D eigenvalue weighted by molar-refractivity contribution is 9.10. The summed E-state index contributed by atoms with van der Waals surface area (Å²) in [5, 5.41) is 9.91. The predicted molar refractivity (Wildman–Crippen MR) is 79.7 cm³/mol. The third-order valence-corrected chi connectivity index (χ3v) is 4.09. The van der Waals surface area contributed by atoms with Crippen LogP contribution in [0, 0.1) is 10.1 Å². The number of nitrogens with one attached hydrogen (secondary N) is 2. The molecular weight excluding hydrogens is 366 g/mol. The quantitative estimate of drug-likeness (QED) is 0.417. The highest BCUT2D eigenvalue weighted by Crippen LogP contribution is 2.37. The van der Waals surface area contributed by atoms with Crippen LogP contribution in [0.4, 0.5) is 5.88 Å². The van der Waals surface area contributed by atoms with Gasteiger partial charge in [0.1, 0.15) is 16.1 Å². The van der Waals surface area contributed by atoms with E-state index < -0.39 is 10.3 Å². The van der Waals surface area contributed by atoms with Crippen molar-refractivity contribution in [1.82, 2.24) is 9.97 Å². The fourth-order valence-corrected chi connectivity index (χ4v) is 3.00. The number of halogens is 2. The maximum absolute atomic E-state index is 11.3. The second-order valence-electron chi connectivity index (χ2n) is 4.29. The number of alkyl halides is 1. The van der Waals surface area contributed by atoms with E-state index in [1.807, 2.05) is 0 Å². The first-order valence-corrected chi connectivity index (χ1v) is 6.98. The van der Waals surface area contributed by atoms with Gasteiger partial charge in [0.2, 0.25) is 0 Å². The van der Waals surface area contributed by atoms with Crippen molar-refractivity contribution in [3.8, 4) is 0 Å². The number of furan rings is 1. The van der Waals surface area contributed by atoms with Crippen molar-refractivity contribution in [2.24, 2.45) is 0 Å². The Balaban J connectivity index is 2.07. The molecule has 0 saturated carbocycles. The Labute approximate surface area is 130 Å². The van der Waals surface area contributed by atoms with Gasteiger partial charge in [0, 0.05) is 4.47 Å². The molecule has 0 radical (unpaired) electrons. The largest absolute Gasteiger partial charge is 0.433 e. The second-order valence-corrected chi connectivity index (χ2v) is 5.58. The lowest BCUT2D eigenvalue weighted by Crippen LogP contribution is -1.99. The third kappa shape index (κ3) is 2.47. The number of nitro groups is 1. The molecule has 0 amide bonds. The zero-order valence-corrected chi connectivity index (χ0v) is 12.6. The molecule has 2 heterocycles. The van der Waals surface area contributed by atoms with Gasteiger partial charge in [-0.05, 0) is 23.8 Å². The first-order chi connectivity index (χ1) is 9.95. The molecule has 1 atom stereocenters. The van der Waals surface area contributed by atoms with Gasteiger partial charge in [-0.15, -0.1) is 11.6 Å². The van der Waals surface area contributed by atoms with Crippen LogP contribution in [0.1, 0.15) is 16.7 Å². The number of imidazole rings is 1. The Bertz CT molecular complexity index is 897. The molecule has 1 aromatic carbocycles. The van der Waals surface area contributed by atoms with Crippen molar-refractivity contribution in [3.63, 3.8) is 0 Å². The summed E-state index contributed by atoms with van der Waals surface area (Å²) in [6, 6.07) is 6.08. The van der Waals surface area contributed by atoms with Crippen LogP contribution in [0.15, 0.2) is 37.9 Å². The monoisotopic (exact) mass is 371 g/mol. The van der Waals surface area contributed by atoms with Crippen molar-refractivity contribution < 1.29 is 9.34 Å². The molecule has 3 aromatic rings. The van der Waals surface area contributed by atoms with Crippen LogP contribution in [-0.4, -0.2) is 14.9 Å². The topological polar surface area (TPSA) is 105 Å². The number of aromatic nitrogens is 2. The maximum atomic E-state index is 11.3. The number of hydrogen-bond donors (Lipinski definition) is 2. The summed E-state index contributed by atoms with van der Waals surface area (Å²) in [5.41, 5.74) is 1.52. The van der Waals surface area contributed by atoms with Crippen LogP contribution in [0.3, 0.4) is 0 Å². The molecule has 2 aromatic heterocycles. The number of nitrogens with zero attached hydrogens (tertiary/aromatic N) is 1. The fraction of sp³-hybridized carbons (Fsp3) is 0.0833. The number of benzene rings is 1. The Morgan fingerprint density at radius 1 is 1.29 bits per heavy atom. The highest BCUT2D eigenvalue weighted by Gasteiger charge is 2.22. The number of hydrogen-bond acceptors (Lipinski definition) is 4. The standard InChI is InChI=1S/C12H7BrClN3O4/c13-6-4-8-7(15-12(18)16-8)3-5(6)11(14)9-1-2-10(21-9)17(19)20/h1-4,11H,(H2,15,16,18). The minimum atomic E-state index is -0.726. The zero-order valence-electron chi connectivity index (χ0n) is 10.2. The molecule has 1 unspecified atom stereocenters. The zero-order chi connectivity index (χ0) is 15.1. The van der Waals surface area contributed by atoms with Gasteiger partial charge in [-0.1, -0.05) is 15.9 Å². The molecule has 0 bridgehead atoms. The van der Waals surface area contributed by atoms with Gasteiger partial charge in [-0.25, -0.2) is 4.79 Å². The summed E-state index contributed by atoms with van der Waals surface area (Å²) < 4.78 is 5.76. The molecule has 0 saturated heterocycles. The van der Waals surface area contributed by atoms with E-state index in [1.54, 1.807) is 12.1 Å². The molecule has 0 aliphatic rings. The molecule has 3 rings (SSSR count). The van der Waals surface area contributed by atoms with E-state index in [-0.39, 0.29) is 17.3 Å². The number of aromatic amines is 2. The van der Waals surface area contributed by atoms with Crippen LogP contribution in [-0.2, 0) is 0 Å². The van der Waals surface area contributed by atoms with E-state index in [2.05, 4.69) is 25.9 Å². The Morgan fingerprint density at radius 2 is 1.95 bits per heavy atom. The molecule has 108 valence electrons. The second kappa shape index (κ2) is 5.05. The van der Waals surface area contributed by atoms with Crippen molar-refractivity contribution in [2.75, 3.05) is 0 Å². The van der Waals surface area contributed by atoms with Gasteiger partial charge < -0.3 is 14.4 Å². The first-order valence-electron chi connectivity index (χ1n) is 5.75. The minimum Gasteiger partial charge on any atom is -0.404 e. The summed E-state index contributed by atoms with van der Waals surface area (Å²) in [4.78, 5) is 26.5. The molecule has 0 spiro atoms. The lowest BCUT2D eigenvalue weighted by Gasteiger charge is -2.09. The molecule has 0 aliphatic heterocycles. The number of H-pyrrole nitrogens is 2. The molecule has 0 fully saturated rings. The summed E-state index contributed by atoms with van der Waals surface area (Å²) in [6.07, 6.45) is 0. The highest BCUT2D eigenvalue weighted by atomic mass is 79.9. The Hall–Kier alpha value is -2.06. The summed E-state index contributed by atoms with van der Waals surface area (Å²) in [5.74, 6) is -0.121. The average molecular weight is 373 g/mol. The molecule has 0 aliphatic carbocycles. The Kier molecular flexibility index (Phi) is 3.34. The van der Waals surface area contributed by atoms with Gasteiger partial charge in [-0.3, -0.25) is 10.1 Å². The van der Waals surface area contributed by atoms with Crippen LogP contribution in [0.5, 0.6) is 0 Å². The van der Waals surface area contributed by atoms with Crippen LogP contribution in [0.25, 0.3) is 11.0 Å². The lowest BCUT2D eigenvalue weighted by molar-refractivity contribution is -0.402. The van der Waals surface area contributed by atoms with Gasteiger partial charge in [0.05, 0.1) is 17.1 Å². The minimum absolute atomic E-state index is 0.251. The average Bonchev–Trinajstić information content (AvgIpc) is 3.02. The van der Waals surface area contributed by atoms with Crippen molar-refractivity contribution in [2.45, 2.75) is 5.38 Å². The van der Waals surface area contributed by atoms with E-state index in [0.717, 1.165) is 0 Å². The Morgan fingerprint density at radius 3 is 2.57 bits per heavy atom. The molecule has 7 nitrogen and oxygen atoms in total. The summed E-state index contributed by atoms with van der Waals surface area (Å²) in [6.45, 7) is 0. The van der Waals surface area contributed by atoms with Crippen molar-refractivity contribution in [3.05, 3.63) is 60.7 Å². The summed E-state index contributed by atoms with van der Waals surface area (Å²) in [7, 11) is 0. The lowest BCUT2D eigenvalue weighted by atomic mass is 10.1. The van der Waals surface area contributed by atoms with Crippen LogP contribution >= 0.6 is 27.5 Å². The first kappa shape index (κ1) is 13.9. The molecular formula is C12H7BrClN3O4. The maximum Gasteiger partial charge on any atom is 0.433 e. The van der Waals surface area contributed by atoms with Gasteiger partial charge in [0.15, 0.2) is 0 Å². The van der Waals surface area contributed by atoms with Gasteiger partial charge in [-0.2, -0.15) is 0 Å². The summed E-state index contributed by atoms with van der Waals surface area (Å²) >= 11 is 9.68. The third-order valence-electron chi connectivity index (χ3n) is 2.95. The van der Waals surface area contributed by atoms with Gasteiger partial charge in [0.25, 0.3) is 0 Å². The van der Waals surface area contributed by atoms with E-state index in [9.17, 15) is 14.9 Å². The normalized spacial score (nSPS) is 12.7. The fourth-order valence-electron chi connectivity index (χ4n) is 2.00. The van der Waals surface area contributed by atoms with E-state index >= 15 is 0 Å². The van der Waals surface area contributed by atoms with Crippen LogP contribution in [0.2, 0.25) is 0 Å². The van der Waals surface area contributed by atoms with E-state index in [1.165, 1.54) is 12.1 Å². The SMILES string of the molecule is O=c1[nH]c2cc(Br)c(C(Cl)c3ccc([N+](=O)[O-])o3)cc2[nH]1. The number of fused-ring (bicyclic) bond motifs is 1. The van der Waals surface area contributed by atoms with Gasteiger partial charge >= 0.3 is 11.6 Å². The van der Waals surface area contributed by atoms with E-state index in [4.69, 9.17) is 16.0 Å².